The van der Waals surface area contributed by atoms with E-state index in [0.717, 1.165) is 0 Å². The first-order valence-corrected chi connectivity index (χ1v) is 4.37. The van der Waals surface area contributed by atoms with Gasteiger partial charge in [0.25, 0.3) is 0 Å². The molecule has 1 nitrogen and oxygen atoms in total. The van der Waals surface area contributed by atoms with Crippen molar-refractivity contribution in [1.82, 2.24) is 0 Å². The van der Waals surface area contributed by atoms with Gasteiger partial charge in [-0.15, -0.1) is 0 Å². The predicted molar refractivity (Wildman–Crippen MR) is 40.9 cm³/mol. The fourth-order valence-electron chi connectivity index (χ4n) is 1.70. The van der Waals surface area contributed by atoms with Crippen molar-refractivity contribution in [2.24, 2.45) is 11.7 Å². The van der Waals surface area contributed by atoms with Crippen LogP contribution in [0.2, 0.25) is 0 Å². The second-order valence-electron chi connectivity index (χ2n) is 3.58. The minimum absolute atomic E-state index is 0.217. The molecule has 0 amide bonds. The average Bonchev–Trinajstić information content (AvgIpc) is 2.03. The maximum absolute atomic E-state index is 12.6. The standard InChI is InChI=1S/C8H13F4N/c9-6-3-1-5(2-4-6)7(13)8(10,11)12/h5-7H,1-4,13H2. The summed E-state index contributed by atoms with van der Waals surface area (Å²) in [5.41, 5.74) is 5.02. The van der Waals surface area contributed by atoms with E-state index in [4.69, 9.17) is 5.73 Å². The van der Waals surface area contributed by atoms with E-state index in [-0.39, 0.29) is 25.7 Å². The fourth-order valence-corrected chi connectivity index (χ4v) is 1.70. The Morgan fingerprint density at radius 1 is 1.08 bits per heavy atom. The summed E-state index contributed by atoms with van der Waals surface area (Å²) in [6.07, 6.45) is -4.34. The molecule has 0 saturated heterocycles. The van der Waals surface area contributed by atoms with Gasteiger partial charge in [-0.3, -0.25) is 0 Å². The van der Waals surface area contributed by atoms with Gasteiger partial charge in [-0.05, 0) is 31.6 Å². The highest BCUT2D eigenvalue weighted by atomic mass is 19.4. The molecule has 13 heavy (non-hydrogen) atoms. The first-order chi connectivity index (χ1) is 5.91. The molecular weight excluding hydrogens is 186 g/mol. The highest BCUT2D eigenvalue weighted by Gasteiger charge is 2.42. The molecule has 0 radical (unpaired) electrons. The molecule has 1 atom stereocenters. The summed E-state index contributed by atoms with van der Waals surface area (Å²) in [7, 11) is 0. The highest BCUT2D eigenvalue weighted by molar-refractivity contribution is 4.83. The van der Waals surface area contributed by atoms with Gasteiger partial charge in [-0.2, -0.15) is 13.2 Å². The van der Waals surface area contributed by atoms with Crippen molar-refractivity contribution in [3.8, 4) is 0 Å². The van der Waals surface area contributed by atoms with Gasteiger partial charge in [0.1, 0.15) is 12.2 Å². The van der Waals surface area contributed by atoms with Crippen LogP contribution in [-0.4, -0.2) is 18.4 Å². The molecule has 5 heteroatoms. The third-order valence-electron chi connectivity index (χ3n) is 2.59. The summed E-state index contributed by atoms with van der Waals surface area (Å²) in [5, 5.41) is 0. The normalized spacial score (nSPS) is 33.0. The first-order valence-electron chi connectivity index (χ1n) is 4.37. The van der Waals surface area contributed by atoms with Crippen molar-refractivity contribution in [3.63, 3.8) is 0 Å². The van der Waals surface area contributed by atoms with E-state index < -0.39 is 24.3 Å². The molecule has 0 bridgehead atoms. The molecule has 1 aliphatic carbocycles. The molecule has 1 saturated carbocycles. The van der Waals surface area contributed by atoms with Crippen LogP contribution < -0.4 is 5.73 Å². The first kappa shape index (κ1) is 10.8. The van der Waals surface area contributed by atoms with Crippen molar-refractivity contribution >= 4 is 0 Å². The van der Waals surface area contributed by atoms with Crippen LogP contribution in [0.5, 0.6) is 0 Å². The molecule has 0 aromatic heterocycles. The number of hydrogen-bond donors (Lipinski definition) is 1. The molecule has 1 aliphatic rings. The molecule has 78 valence electrons. The van der Waals surface area contributed by atoms with E-state index in [1.165, 1.54) is 0 Å². The lowest BCUT2D eigenvalue weighted by Gasteiger charge is -2.30. The topological polar surface area (TPSA) is 26.0 Å². The smallest absolute Gasteiger partial charge is 0.320 e. The predicted octanol–water partition coefficient (Wildman–Crippen LogP) is 2.40. The summed E-state index contributed by atoms with van der Waals surface area (Å²) in [6, 6.07) is -1.78. The SMILES string of the molecule is NC(C1CCC(F)CC1)C(F)(F)F. The molecule has 0 spiro atoms. The molecule has 0 heterocycles. The molecule has 1 unspecified atom stereocenters. The van der Waals surface area contributed by atoms with Gasteiger partial charge >= 0.3 is 6.18 Å². The van der Waals surface area contributed by atoms with Gasteiger partial charge in [0, 0.05) is 0 Å². The Morgan fingerprint density at radius 3 is 1.92 bits per heavy atom. The minimum Gasteiger partial charge on any atom is -0.320 e. The Balaban J connectivity index is 2.45. The Kier molecular flexibility index (Phi) is 3.16. The Bertz CT molecular complexity index is 160. The third-order valence-corrected chi connectivity index (χ3v) is 2.59. The van der Waals surface area contributed by atoms with Crippen LogP contribution in [0.25, 0.3) is 0 Å². The summed E-state index contributed by atoms with van der Waals surface area (Å²) < 4.78 is 48.9. The zero-order valence-corrected chi connectivity index (χ0v) is 7.15. The van der Waals surface area contributed by atoms with Crippen molar-refractivity contribution in [1.29, 1.82) is 0 Å². The molecular formula is C8H13F4N. The molecule has 0 aromatic carbocycles. The van der Waals surface area contributed by atoms with E-state index in [1.807, 2.05) is 0 Å². The molecule has 0 aromatic rings. The van der Waals surface area contributed by atoms with E-state index in [1.54, 1.807) is 0 Å². The van der Waals surface area contributed by atoms with Crippen molar-refractivity contribution in [2.45, 2.75) is 44.1 Å². The number of nitrogens with two attached hydrogens (primary N) is 1. The Morgan fingerprint density at radius 2 is 1.54 bits per heavy atom. The average molecular weight is 199 g/mol. The fraction of sp³-hybridized carbons (Fsp3) is 1.00. The molecule has 2 N–H and O–H groups in total. The van der Waals surface area contributed by atoms with E-state index in [0.29, 0.717) is 0 Å². The van der Waals surface area contributed by atoms with Gasteiger partial charge in [0.05, 0.1) is 0 Å². The quantitative estimate of drug-likeness (QED) is 0.645. The summed E-state index contributed by atoms with van der Waals surface area (Å²) in [6.45, 7) is 0. The Labute approximate surface area is 74.3 Å². The van der Waals surface area contributed by atoms with Gasteiger partial charge in [-0.1, -0.05) is 0 Å². The van der Waals surface area contributed by atoms with Crippen molar-refractivity contribution < 1.29 is 17.6 Å². The van der Waals surface area contributed by atoms with Crippen LogP contribution >= 0.6 is 0 Å². The third kappa shape index (κ3) is 2.83. The zero-order chi connectivity index (χ0) is 10.1. The second kappa shape index (κ2) is 3.82. The summed E-state index contributed by atoms with van der Waals surface area (Å²) in [5.74, 6) is -0.591. The van der Waals surface area contributed by atoms with Gasteiger partial charge in [-0.25, -0.2) is 4.39 Å². The van der Waals surface area contributed by atoms with E-state index >= 15 is 0 Å². The highest BCUT2D eigenvalue weighted by Crippen LogP contribution is 2.34. The number of alkyl halides is 4. The lowest BCUT2D eigenvalue weighted by atomic mass is 9.83. The molecule has 1 fully saturated rings. The van der Waals surface area contributed by atoms with Crippen molar-refractivity contribution in [3.05, 3.63) is 0 Å². The van der Waals surface area contributed by atoms with Crippen LogP contribution in [0.3, 0.4) is 0 Å². The lowest BCUT2D eigenvalue weighted by Crippen LogP contribution is -2.45. The number of rotatable bonds is 1. The van der Waals surface area contributed by atoms with E-state index in [2.05, 4.69) is 0 Å². The largest absolute Gasteiger partial charge is 0.403 e. The molecule has 1 rings (SSSR count). The van der Waals surface area contributed by atoms with Gasteiger partial charge in [0.2, 0.25) is 0 Å². The van der Waals surface area contributed by atoms with Crippen LogP contribution in [0, 0.1) is 5.92 Å². The van der Waals surface area contributed by atoms with Crippen LogP contribution in [0.15, 0.2) is 0 Å². The minimum atomic E-state index is -4.34. The van der Waals surface area contributed by atoms with E-state index in [9.17, 15) is 17.6 Å². The maximum atomic E-state index is 12.6. The lowest BCUT2D eigenvalue weighted by molar-refractivity contribution is -0.162. The zero-order valence-electron chi connectivity index (χ0n) is 7.15. The number of hydrogen-bond acceptors (Lipinski definition) is 1. The van der Waals surface area contributed by atoms with Crippen molar-refractivity contribution in [2.75, 3.05) is 0 Å². The maximum Gasteiger partial charge on any atom is 0.403 e. The van der Waals surface area contributed by atoms with Crippen LogP contribution in [0.4, 0.5) is 17.6 Å². The Hall–Kier alpha value is -0.320. The summed E-state index contributed by atoms with van der Waals surface area (Å²) >= 11 is 0. The van der Waals surface area contributed by atoms with Gasteiger partial charge in [0.15, 0.2) is 0 Å². The van der Waals surface area contributed by atoms with Crippen LogP contribution in [0.1, 0.15) is 25.7 Å². The monoisotopic (exact) mass is 199 g/mol. The molecule has 0 aliphatic heterocycles. The summed E-state index contributed by atoms with van der Waals surface area (Å²) in [4.78, 5) is 0. The van der Waals surface area contributed by atoms with Gasteiger partial charge < -0.3 is 5.73 Å². The number of halogens is 4. The second-order valence-corrected chi connectivity index (χ2v) is 3.58. The van der Waals surface area contributed by atoms with Crippen LogP contribution in [-0.2, 0) is 0 Å².